The molecule has 7 nitrogen and oxygen atoms in total. The van der Waals surface area contributed by atoms with Crippen molar-refractivity contribution in [3.8, 4) is 5.75 Å². The van der Waals surface area contributed by atoms with Gasteiger partial charge >= 0.3 is 6.03 Å². The van der Waals surface area contributed by atoms with E-state index in [0.717, 1.165) is 10.5 Å². The molecule has 7 heteroatoms. The molecule has 0 radical (unpaired) electrons. The zero-order valence-corrected chi connectivity index (χ0v) is 19.3. The van der Waals surface area contributed by atoms with E-state index in [9.17, 15) is 14.4 Å². The average molecular weight is 438 g/mol. The van der Waals surface area contributed by atoms with Gasteiger partial charge in [-0.1, -0.05) is 70.5 Å². The Bertz CT molecular complexity index is 1010. The molecule has 1 aliphatic heterocycles. The Labute approximate surface area is 189 Å². The third-order valence-corrected chi connectivity index (χ3v) is 5.71. The number of ether oxygens (including phenoxy) is 1. The fraction of sp³-hybridized carbons (Fsp3) is 0.400. The number of hydrogen-bond acceptors (Lipinski definition) is 4. The summed E-state index contributed by atoms with van der Waals surface area (Å²) in [4.78, 5) is 39.9. The van der Waals surface area contributed by atoms with Crippen LogP contribution in [0.15, 0.2) is 48.5 Å². The van der Waals surface area contributed by atoms with Crippen LogP contribution in [0.4, 0.5) is 10.5 Å². The van der Waals surface area contributed by atoms with E-state index in [-0.39, 0.29) is 12.0 Å². The molecule has 2 aromatic carbocycles. The molecule has 0 spiro atoms. The SMILES string of the molecule is CCCC1(c2ccccc2)NC(=O)N(CC(=O)Nc2cc(C(C)(C)C)ccc2OC)C1=O. The Morgan fingerprint density at radius 3 is 2.41 bits per heavy atom. The van der Waals surface area contributed by atoms with Crippen LogP contribution in [0.5, 0.6) is 5.75 Å². The maximum absolute atomic E-state index is 13.4. The summed E-state index contributed by atoms with van der Waals surface area (Å²) in [6, 6.07) is 14.2. The Balaban J connectivity index is 1.83. The van der Waals surface area contributed by atoms with E-state index in [1.165, 1.54) is 7.11 Å². The number of hydrogen-bond donors (Lipinski definition) is 2. The van der Waals surface area contributed by atoms with Gasteiger partial charge in [0, 0.05) is 0 Å². The van der Waals surface area contributed by atoms with Crippen molar-refractivity contribution in [2.24, 2.45) is 0 Å². The molecule has 1 heterocycles. The largest absolute Gasteiger partial charge is 0.495 e. The predicted molar refractivity (Wildman–Crippen MR) is 124 cm³/mol. The van der Waals surface area contributed by atoms with Gasteiger partial charge in [-0.15, -0.1) is 0 Å². The van der Waals surface area contributed by atoms with Crippen molar-refractivity contribution in [1.29, 1.82) is 0 Å². The molecule has 0 bridgehead atoms. The van der Waals surface area contributed by atoms with Crippen LogP contribution in [-0.2, 0) is 20.5 Å². The van der Waals surface area contributed by atoms with Crippen molar-refractivity contribution in [1.82, 2.24) is 10.2 Å². The molecule has 1 aliphatic rings. The number of anilines is 1. The van der Waals surface area contributed by atoms with Crippen LogP contribution in [0, 0.1) is 0 Å². The highest BCUT2D eigenvalue weighted by atomic mass is 16.5. The highest BCUT2D eigenvalue weighted by molar-refractivity contribution is 6.10. The first kappa shape index (κ1) is 23.3. The van der Waals surface area contributed by atoms with Crippen molar-refractivity contribution in [2.75, 3.05) is 19.0 Å². The second-order valence-electron chi connectivity index (χ2n) is 9.06. The molecule has 3 rings (SSSR count). The zero-order chi connectivity index (χ0) is 23.5. The van der Waals surface area contributed by atoms with Crippen molar-refractivity contribution < 1.29 is 19.1 Å². The normalized spacial score (nSPS) is 18.5. The molecule has 1 saturated heterocycles. The van der Waals surface area contributed by atoms with Crippen molar-refractivity contribution in [2.45, 2.75) is 51.5 Å². The minimum Gasteiger partial charge on any atom is -0.495 e. The molecule has 0 aromatic heterocycles. The number of carbonyl (C=O) groups excluding carboxylic acids is 3. The monoisotopic (exact) mass is 437 g/mol. The summed E-state index contributed by atoms with van der Waals surface area (Å²) in [7, 11) is 1.53. The van der Waals surface area contributed by atoms with Gasteiger partial charge in [-0.2, -0.15) is 0 Å². The number of imide groups is 1. The minimum absolute atomic E-state index is 0.119. The van der Waals surface area contributed by atoms with Crippen molar-refractivity contribution in [3.63, 3.8) is 0 Å². The van der Waals surface area contributed by atoms with Crippen LogP contribution in [0.2, 0.25) is 0 Å². The molecular weight excluding hydrogens is 406 g/mol. The van der Waals surface area contributed by atoms with Gasteiger partial charge in [0.2, 0.25) is 5.91 Å². The van der Waals surface area contributed by atoms with Crippen molar-refractivity contribution in [3.05, 3.63) is 59.7 Å². The van der Waals surface area contributed by atoms with Gasteiger partial charge in [0.1, 0.15) is 17.8 Å². The second-order valence-corrected chi connectivity index (χ2v) is 9.06. The molecule has 2 aromatic rings. The molecule has 1 fully saturated rings. The Morgan fingerprint density at radius 1 is 1.12 bits per heavy atom. The van der Waals surface area contributed by atoms with Gasteiger partial charge in [-0.25, -0.2) is 4.79 Å². The number of nitrogens with one attached hydrogen (secondary N) is 2. The van der Waals surface area contributed by atoms with E-state index in [0.29, 0.717) is 29.8 Å². The summed E-state index contributed by atoms with van der Waals surface area (Å²) in [6.45, 7) is 7.79. The quantitative estimate of drug-likeness (QED) is 0.636. The van der Waals surface area contributed by atoms with Crippen LogP contribution in [0.3, 0.4) is 0 Å². The third kappa shape index (κ3) is 4.47. The van der Waals surface area contributed by atoms with Crippen LogP contribution in [0.1, 0.15) is 51.7 Å². The fourth-order valence-corrected chi connectivity index (χ4v) is 3.98. The topological polar surface area (TPSA) is 87.7 Å². The molecule has 4 amide bonds. The minimum atomic E-state index is -1.16. The van der Waals surface area contributed by atoms with Crippen LogP contribution in [-0.4, -0.2) is 36.4 Å². The second kappa shape index (κ2) is 9.02. The fourth-order valence-electron chi connectivity index (χ4n) is 3.98. The van der Waals surface area contributed by atoms with E-state index in [1.54, 1.807) is 6.07 Å². The van der Waals surface area contributed by atoms with E-state index < -0.39 is 23.4 Å². The molecule has 1 unspecified atom stereocenters. The zero-order valence-electron chi connectivity index (χ0n) is 19.3. The number of amides is 4. The summed E-state index contributed by atoms with van der Waals surface area (Å²) in [5.41, 5.74) is 0.959. The first-order valence-electron chi connectivity index (χ1n) is 10.8. The molecule has 170 valence electrons. The summed E-state index contributed by atoms with van der Waals surface area (Å²) in [6.07, 6.45) is 1.14. The molecule has 0 aliphatic carbocycles. The molecule has 32 heavy (non-hydrogen) atoms. The summed E-state index contributed by atoms with van der Waals surface area (Å²) >= 11 is 0. The lowest BCUT2D eigenvalue weighted by atomic mass is 9.85. The van der Waals surface area contributed by atoms with Crippen LogP contribution in [0.25, 0.3) is 0 Å². The highest BCUT2D eigenvalue weighted by Gasteiger charge is 2.52. The lowest BCUT2D eigenvalue weighted by Crippen LogP contribution is -2.44. The molecule has 1 atom stereocenters. The van der Waals surface area contributed by atoms with Gasteiger partial charge in [0.15, 0.2) is 0 Å². The summed E-state index contributed by atoms with van der Waals surface area (Å²) in [5.74, 6) is -0.382. The Morgan fingerprint density at radius 2 is 1.81 bits per heavy atom. The highest BCUT2D eigenvalue weighted by Crippen LogP contribution is 2.34. The smallest absolute Gasteiger partial charge is 0.325 e. The number of urea groups is 1. The van der Waals surface area contributed by atoms with Crippen LogP contribution < -0.4 is 15.4 Å². The van der Waals surface area contributed by atoms with Gasteiger partial charge in [-0.3, -0.25) is 14.5 Å². The van der Waals surface area contributed by atoms with Crippen molar-refractivity contribution >= 4 is 23.5 Å². The lowest BCUT2D eigenvalue weighted by molar-refractivity contribution is -0.134. The third-order valence-electron chi connectivity index (χ3n) is 5.71. The number of carbonyl (C=O) groups is 3. The Kier molecular flexibility index (Phi) is 6.57. The standard InChI is InChI=1S/C25H31N3O4/c1-6-14-25(17-10-8-7-9-11-17)22(30)28(23(31)27-25)16-21(29)26-19-15-18(24(2,3)4)12-13-20(19)32-5/h7-13,15H,6,14,16H2,1-5H3,(H,26,29)(H,27,31). The van der Waals surface area contributed by atoms with E-state index in [1.807, 2.05) is 49.4 Å². The molecule has 0 saturated carbocycles. The van der Waals surface area contributed by atoms with Gasteiger partial charge in [0.05, 0.1) is 12.8 Å². The lowest BCUT2D eigenvalue weighted by Gasteiger charge is -2.27. The average Bonchev–Trinajstić information content (AvgIpc) is 2.99. The van der Waals surface area contributed by atoms with Crippen LogP contribution >= 0.6 is 0 Å². The first-order valence-corrected chi connectivity index (χ1v) is 10.8. The molecular formula is C25H31N3O4. The van der Waals surface area contributed by atoms with E-state index >= 15 is 0 Å². The predicted octanol–water partition coefficient (Wildman–Crippen LogP) is 4.18. The summed E-state index contributed by atoms with van der Waals surface area (Å²) < 4.78 is 5.37. The maximum Gasteiger partial charge on any atom is 0.325 e. The number of benzene rings is 2. The Hall–Kier alpha value is -3.35. The summed E-state index contributed by atoms with van der Waals surface area (Å²) in [5, 5.41) is 5.64. The first-order chi connectivity index (χ1) is 15.1. The number of rotatable bonds is 7. The number of nitrogens with zero attached hydrogens (tertiary/aromatic N) is 1. The van der Waals surface area contributed by atoms with E-state index in [2.05, 4.69) is 31.4 Å². The number of methoxy groups -OCH3 is 1. The van der Waals surface area contributed by atoms with Gasteiger partial charge < -0.3 is 15.4 Å². The molecule has 2 N–H and O–H groups in total. The maximum atomic E-state index is 13.4. The van der Waals surface area contributed by atoms with Gasteiger partial charge in [0.25, 0.3) is 5.91 Å². The van der Waals surface area contributed by atoms with Gasteiger partial charge in [-0.05, 0) is 35.1 Å². The van der Waals surface area contributed by atoms with E-state index in [4.69, 9.17) is 4.74 Å².